The first-order valence-corrected chi connectivity index (χ1v) is 8.08. The maximum atomic E-state index is 13.0. The number of ether oxygens (including phenoxy) is 1. The predicted octanol–water partition coefficient (Wildman–Crippen LogP) is 3.87. The predicted molar refractivity (Wildman–Crippen MR) is 93.0 cm³/mol. The van der Waals surface area contributed by atoms with Crippen LogP contribution in [0.15, 0.2) is 54.6 Å². The van der Waals surface area contributed by atoms with Gasteiger partial charge in [-0.05, 0) is 50.5 Å². The number of rotatable bonds is 6. The number of hydrogen-bond donors (Lipinski definition) is 1. The Morgan fingerprint density at radius 3 is 2.25 bits per heavy atom. The van der Waals surface area contributed by atoms with Gasteiger partial charge in [0.05, 0.1) is 0 Å². The van der Waals surface area contributed by atoms with Crippen LogP contribution < -0.4 is 5.32 Å². The highest BCUT2D eigenvalue weighted by molar-refractivity contribution is 5.76. The number of esters is 1. The molecule has 2 aromatic rings. The molecule has 0 aliphatic rings. The number of hydrogen-bond acceptors (Lipinski definition) is 3. The van der Waals surface area contributed by atoms with Gasteiger partial charge in [0.1, 0.15) is 17.5 Å². The first-order valence-electron chi connectivity index (χ1n) is 8.08. The van der Waals surface area contributed by atoms with Gasteiger partial charge in [0.25, 0.3) is 0 Å². The molecule has 0 saturated carbocycles. The minimum atomic E-state index is -0.538. The Morgan fingerprint density at radius 2 is 1.67 bits per heavy atom. The summed E-state index contributed by atoms with van der Waals surface area (Å²) in [7, 11) is 0. The molecule has 0 heterocycles. The number of carbonyl (C=O) groups excluding carboxylic acids is 1. The van der Waals surface area contributed by atoms with E-state index < -0.39 is 11.6 Å². The van der Waals surface area contributed by atoms with E-state index in [-0.39, 0.29) is 11.8 Å². The quantitative estimate of drug-likeness (QED) is 0.818. The first-order chi connectivity index (χ1) is 11.3. The Morgan fingerprint density at radius 1 is 1.04 bits per heavy atom. The van der Waals surface area contributed by atoms with Crippen molar-refractivity contribution in [3.05, 3.63) is 71.5 Å². The van der Waals surface area contributed by atoms with Crippen LogP contribution in [0.1, 0.15) is 31.9 Å². The average Bonchev–Trinajstić information content (AvgIpc) is 2.52. The standard InChI is InChI=1S/C20H24FNO2/c1-20(2,3)24-19(23)18(13-15-7-5-4-6-8-15)22-14-16-9-11-17(21)12-10-16/h4-12,18,22H,13-14H2,1-3H3/t18-/m0/s1. The lowest BCUT2D eigenvalue weighted by atomic mass is 10.0. The maximum absolute atomic E-state index is 13.0. The molecule has 3 nitrogen and oxygen atoms in total. The molecule has 0 spiro atoms. The summed E-state index contributed by atoms with van der Waals surface area (Å²) in [5.41, 5.74) is 1.43. The third-order valence-electron chi connectivity index (χ3n) is 3.44. The molecular formula is C20H24FNO2. The molecule has 24 heavy (non-hydrogen) atoms. The Hall–Kier alpha value is -2.20. The minimum Gasteiger partial charge on any atom is -0.459 e. The summed E-state index contributed by atoms with van der Waals surface area (Å²) in [6.07, 6.45) is 0.539. The van der Waals surface area contributed by atoms with Crippen LogP contribution in [0.2, 0.25) is 0 Å². The van der Waals surface area contributed by atoms with E-state index in [1.165, 1.54) is 12.1 Å². The Kier molecular flexibility index (Phi) is 6.10. The lowest BCUT2D eigenvalue weighted by Gasteiger charge is -2.25. The second kappa shape index (κ2) is 8.06. The van der Waals surface area contributed by atoms with Gasteiger partial charge < -0.3 is 10.1 Å². The topological polar surface area (TPSA) is 38.3 Å². The van der Waals surface area contributed by atoms with Crippen molar-refractivity contribution < 1.29 is 13.9 Å². The molecule has 0 unspecified atom stereocenters. The van der Waals surface area contributed by atoms with Gasteiger partial charge in [-0.3, -0.25) is 4.79 Å². The smallest absolute Gasteiger partial charge is 0.324 e. The zero-order valence-electron chi connectivity index (χ0n) is 14.4. The van der Waals surface area contributed by atoms with Crippen molar-refractivity contribution in [3.8, 4) is 0 Å². The maximum Gasteiger partial charge on any atom is 0.324 e. The van der Waals surface area contributed by atoms with Gasteiger partial charge in [-0.2, -0.15) is 0 Å². The largest absolute Gasteiger partial charge is 0.459 e. The highest BCUT2D eigenvalue weighted by Crippen LogP contribution is 2.12. The summed E-state index contributed by atoms with van der Waals surface area (Å²) in [5.74, 6) is -0.555. The molecule has 1 N–H and O–H groups in total. The van der Waals surface area contributed by atoms with Crippen molar-refractivity contribution in [3.63, 3.8) is 0 Å². The SMILES string of the molecule is CC(C)(C)OC(=O)[C@H](Cc1ccccc1)NCc1ccc(F)cc1. The Labute approximate surface area is 142 Å². The molecule has 0 radical (unpaired) electrons. The molecule has 0 amide bonds. The third kappa shape index (κ3) is 6.13. The van der Waals surface area contributed by atoms with Gasteiger partial charge >= 0.3 is 5.97 Å². The van der Waals surface area contributed by atoms with E-state index in [0.29, 0.717) is 13.0 Å². The van der Waals surface area contributed by atoms with E-state index in [1.54, 1.807) is 12.1 Å². The van der Waals surface area contributed by atoms with Crippen molar-refractivity contribution >= 4 is 5.97 Å². The zero-order chi connectivity index (χ0) is 17.6. The fraction of sp³-hybridized carbons (Fsp3) is 0.350. The van der Waals surface area contributed by atoms with Crippen LogP contribution in [0.5, 0.6) is 0 Å². The highest BCUT2D eigenvalue weighted by Gasteiger charge is 2.25. The zero-order valence-corrected chi connectivity index (χ0v) is 14.4. The molecule has 0 saturated heterocycles. The molecule has 4 heteroatoms. The Balaban J connectivity index is 2.06. The summed E-state index contributed by atoms with van der Waals surface area (Å²) < 4.78 is 18.5. The van der Waals surface area contributed by atoms with Crippen LogP contribution in [-0.2, 0) is 22.5 Å². The van der Waals surface area contributed by atoms with Gasteiger partial charge in [-0.25, -0.2) is 4.39 Å². The van der Waals surface area contributed by atoms with Gasteiger partial charge in [0, 0.05) is 6.54 Å². The van der Waals surface area contributed by atoms with Gasteiger partial charge in [0.15, 0.2) is 0 Å². The summed E-state index contributed by atoms with van der Waals surface area (Å²) in [5, 5.41) is 3.23. The van der Waals surface area contributed by atoms with E-state index in [1.807, 2.05) is 51.1 Å². The van der Waals surface area contributed by atoms with E-state index in [4.69, 9.17) is 4.74 Å². The number of nitrogens with one attached hydrogen (secondary N) is 1. The fourth-order valence-corrected chi connectivity index (χ4v) is 2.30. The normalized spacial score (nSPS) is 12.7. The van der Waals surface area contributed by atoms with E-state index >= 15 is 0 Å². The lowest BCUT2D eigenvalue weighted by molar-refractivity contribution is -0.157. The monoisotopic (exact) mass is 329 g/mol. The van der Waals surface area contributed by atoms with Gasteiger partial charge in [0.2, 0.25) is 0 Å². The van der Waals surface area contributed by atoms with Crippen molar-refractivity contribution in [2.45, 2.75) is 45.4 Å². The lowest BCUT2D eigenvalue weighted by Crippen LogP contribution is -2.42. The van der Waals surface area contributed by atoms with E-state index in [0.717, 1.165) is 11.1 Å². The number of carbonyl (C=O) groups is 1. The Bertz CT molecular complexity index is 648. The van der Waals surface area contributed by atoms with E-state index in [9.17, 15) is 9.18 Å². The van der Waals surface area contributed by atoms with E-state index in [2.05, 4.69) is 5.32 Å². The molecule has 1 atom stereocenters. The summed E-state index contributed by atoms with van der Waals surface area (Å²) in [4.78, 5) is 12.5. The van der Waals surface area contributed by atoms with Gasteiger partial charge in [-0.1, -0.05) is 42.5 Å². The second-order valence-corrected chi connectivity index (χ2v) is 6.78. The van der Waals surface area contributed by atoms with Crippen LogP contribution in [0.25, 0.3) is 0 Å². The van der Waals surface area contributed by atoms with Crippen molar-refractivity contribution in [1.82, 2.24) is 5.32 Å². The molecule has 0 aliphatic carbocycles. The number of halogens is 1. The first kappa shape index (κ1) is 18.1. The molecule has 0 aliphatic heterocycles. The molecule has 0 aromatic heterocycles. The summed E-state index contributed by atoms with van der Waals surface area (Å²) in [6.45, 7) is 6.02. The highest BCUT2D eigenvalue weighted by atomic mass is 19.1. The minimum absolute atomic E-state index is 0.272. The van der Waals surface area contributed by atoms with Crippen LogP contribution in [-0.4, -0.2) is 17.6 Å². The molecule has 0 fully saturated rings. The van der Waals surface area contributed by atoms with Crippen molar-refractivity contribution in [1.29, 1.82) is 0 Å². The van der Waals surface area contributed by atoms with Gasteiger partial charge in [-0.15, -0.1) is 0 Å². The molecule has 0 bridgehead atoms. The third-order valence-corrected chi connectivity index (χ3v) is 3.44. The van der Waals surface area contributed by atoms with Crippen LogP contribution in [0, 0.1) is 5.82 Å². The molecule has 2 rings (SSSR count). The van der Waals surface area contributed by atoms with Crippen molar-refractivity contribution in [2.24, 2.45) is 0 Å². The number of benzene rings is 2. The van der Waals surface area contributed by atoms with Crippen LogP contribution in [0.4, 0.5) is 4.39 Å². The van der Waals surface area contributed by atoms with Crippen molar-refractivity contribution in [2.75, 3.05) is 0 Å². The molecular weight excluding hydrogens is 305 g/mol. The molecule has 2 aromatic carbocycles. The summed E-state index contributed by atoms with van der Waals surface area (Å²) in [6, 6.07) is 15.6. The fourth-order valence-electron chi connectivity index (χ4n) is 2.30. The summed E-state index contributed by atoms with van der Waals surface area (Å²) >= 11 is 0. The second-order valence-electron chi connectivity index (χ2n) is 6.78. The van der Waals surface area contributed by atoms with Crippen LogP contribution >= 0.6 is 0 Å². The van der Waals surface area contributed by atoms with Crippen LogP contribution in [0.3, 0.4) is 0 Å². The average molecular weight is 329 g/mol. The molecule has 128 valence electrons.